The van der Waals surface area contributed by atoms with Gasteiger partial charge in [-0.3, -0.25) is 9.09 Å². The maximum absolute atomic E-state index is 12.5. The minimum Gasteiger partial charge on any atom is -0.383 e. The summed E-state index contributed by atoms with van der Waals surface area (Å²) in [6.45, 7) is 13.2. The Bertz CT molecular complexity index is 891. The second-order valence-corrected chi connectivity index (χ2v) is 13.1. The van der Waals surface area contributed by atoms with Crippen molar-refractivity contribution in [3.05, 3.63) is 22.7 Å². The fourth-order valence-corrected chi connectivity index (χ4v) is 5.85. The second kappa shape index (κ2) is 29.5. The zero-order chi connectivity index (χ0) is 33.8. The van der Waals surface area contributed by atoms with E-state index in [1.165, 1.54) is 94.8 Å². The van der Waals surface area contributed by atoms with Crippen LogP contribution >= 0.6 is 6.72 Å². The van der Waals surface area contributed by atoms with Crippen LogP contribution < -0.4 is 11.4 Å². The van der Waals surface area contributed by atoms with Crippen LogP contribution in [0.2, 0.25) is 0 Å². The van der Waals surface area contributed by atoms with Crippen LogP contribution in [0.5, 0.6) is 0 Å². The molecule has 5 unspecified atom stereocenters. The lowest BCUT2D eigenvalue weighted by Gasteiger charge is -2.27. The Hall–Kier alpha value is -0.870. The van der Waals surface area contributed by atoms with E-state index in [1.807, 2.05) is 48.5 Å². The number of nitrogens with two attached hydrogens (primary N) is 1. The van der Waals surface area contributed by atoms with Gasteiger partial charge in [0.1, 0.15) is 18.0 Å². The van der Waals surface area contributed by atoms with Crippen molar-refractivity contribution in [3.63, 3.8) is 0 Å². The molecule has 44 heavy (non-hydrogen) atoms. The highest BCUT2D eigenvalue weighted by Gasteiger charge is 2.48. The van der Waals surface area contributed by atoms with Crippen LogP contribution in [-0.2, 0) is 30.3 Å². The van der Waals surface area contributed by atoms with E-state index >= 15 is 0 Å². The summed E-state index contributed by atoms with van der Waals surface area (Å²) in [5.74, 6) is 0.134. The SMILES string of the molecule is CC.CC.CC.CCCCCCCCCCCCCCCCOC1C(OP(O)(=S)OC)C(CC)OC1n1ccc(N)nc1=O. The van der Waals surface area contributed by atoms with E-state index in [2.05, 4.69) is 11.9 Å². The van der Waals surface area contributed by atoms with Crippen molar-refractivity contribution < 1.29 is 23.4 Å². The lowest BCUT2D eigenvalue weighted by Crippen LogP contribution is -2.39. The fourth-order valence-electron chi connectivity index (χ4n) is 4.90. The van der Waals surface area contributed by atoms with E-state index in [0.717, 1.165) is 12.8 Å². The summed E-state index contributed by atoms with van der Waals surface area (Å²) in [4.78, 5) is 26.7. The van der Waals surface area contributed by atoms with Gasteiger partial charge < -0.3 is 24.6 Å². The summed E-state index contributed by atoms with van der Waals surface area (Å²) in [6.07, 6.45) is 17.5. The third-order valence-electron chi connectivity index (χ3n) is 7.11. The third-order valence-corrected chi connectivity index (χ3v) is 8.78. The number of hydrogen-bond acceptors (Lipinski definition) is 8. The van der Waals surface area contributed by atoms with E-state index in [1.54, 1.807) is 6.20 Å². The second-order valence-electron chi connectivity index (χ2n) is 10.2. The van der Waals surface area contributed by atoms with Crippen LogP contribution in [-0.4, -0.2) is 46.5 Å². The fraction of sp³-hybridized carbons (Fsp3) is 0.879. The first-order chi connectivity index (χ1) is 21.3. The van der Waals surface area contributed by atoms with Gasteiger partial charge in [0.05, 0.1) is 6.10 Å². The summed E-state index contributed by atoms with van der Waals surface area (Å²) in [5, 5.41) is 0. The molecule has 0 saturated carbocycles. The van der Waals surface area contributed by atoms with Gasteiger partial charge in [0.25, 0.3) is 0 Å². The lowest BCUT2D eigenvalue weighted by atomic mass is 10.0. The number of unbranched alkanes of at least 4 members (excludes halogenated alkanes) is 13. The Balaban J connectivity index is 0. The number of ether oxygens (including phenoxy) is 2. The maximum atomic E-state index is 12.5. The molecule has 3 N–H and O–H groups in total. The molecule has 11 heteroatoms. The van der Waals surface area contributed by atoms with Crippen molar-refractivity contribution in [2.45, 2.75) is 176 Å². The molecule has 1 aliphatic heterocycles. The highest BCUT2D eigenvalue weighted by atomic mass is 32.5. The first kappa shape index (κ1) is 45.3. The van der Waals surface area contributed by atoms with E-state index in [-0.39, 0.29) is 5.82 Å². The Morgan fingerprint density at radius 2 is 1.36 bits per heavy atom. The Labute approximate surface area is 275 Å². The molecule has 2 heterocycles. The standard InChI is InChI=1S/C27H50N3O6PS.3C2H6/c1-4-6-7-8-9-10-11-12-13-14-15-16-17-18-21-34-25-24(36-37(32,38)33-3)22(5-2)35-26(25)30-20-19-23(28)29-27(30)31;3*1-2/h19-20,22,24-26H,4-18,21H2,1-3H3,(H,32,38)(H2,28,29,31);3*1-2H3. The molecule has 0 bridgehead atoms. The number of aromatic nitrogens is 2. The van der Waals surface area contributed by atoms with Gasteiger partial charge in [-0.25, -0.2) is 4.79 Å². The summed E-state index contributed by atoms with van der Waals surface area (Å²) in [7, 11) is 1.31. The monoisotopic (exact) mass is 665 g/mol. The Morgan fingerprint density at radius 1 is 0.886 bits per heavy atom. The summed E-state index contributed by atoms with van der Waals surface area (Å²) < 4.78 is 24.5. The average molecular weight is 666 g/mol. The summed E-state index contributed by atoms with van der Waals surface area (Å²) in [5.41, 5.74) is 5.13. The lowest BCUT2D eigenvalue weighted by molar-refractivity contribution is -0.0704. The summed E-state index contributed by atoms with van der Waals surface area (Å²) >= 11 is 5.10. The highest BCUT2D eigenvalue weighted by molar-refractivity contribution is 8.07. The molecule has 0 radical (unpaired) electrons. The van der Waals surface area contributed by atoms with Crippen LogP contribution in [0.4, 0.5) is 5.82 Å². The molecule has 9 nitrogen and oxygen atoms in total. The third kappa shape index (κ3) is 18.9. The van der Waals surface area contributed by atoms with Crippen molar-refractivity contribution in [1.29, 1.82) is 0 Å². The molecule has 1 fully saturated rings. The Morgan fingerprint density at radius 3 is 1.80 bits per heavy atom. The predicted octanol–water partition coefficient (Wildman–Crippen LogP) is 9.33. The van der Waals surface area contributed by atoms with Crippen molar-refractivity contribution in [2.75, 3.05) is 19.5 Å². The van der Waals surface area contributed by atoms with Crippen molar-refractivity contribution in [3.8, 4) is 0 Å². The van der Waals surface area contributed by atoms with Crippen molar-refractivity contribution >= 4 is 24.3 Å². The molecule has 1 aromatic heterocycles. The molecule has 1 aromatic rings. The molecule has 0 aromatic carbocycles. The molecule has 0 aliphatic carbocycles. The molecule has 0 amide bonds. The minimum absolute atomic E-state index is 0.134. The van der Waals surface area contributed by atoms with Gasteiger partial charge in [-0.1, -0.05) is 139 Å². The van der Waals surface area contributed by atoms with Gasteiger partial charge in [0.15, 0.2) is 6.23 Å². The smallest absolute Gasteiger partial charge is 0.351 e. The maximum Gasteiger partial charge on any atom is 0.351 e. The zero-order valence-electron chi connectivity index (χ0n) is 29.6. The number of nitrogens with zero attached hydrogens (tertiary/aromatic N) is 2. The van der Waals surface area contributed by atoms with Gasteiger partial charge in [-0.15, -0.1) is 0 Å². The molecule has 262 valence electrons. The zero-order valence-corrected chi connectivity index (χ0v) is 31.3. The van der Waals surface area contributed by atoms with Crippen LogP contribution in [0.1, 0.15) is 158 Å². The number of hydrogen-bond donors (Lipinski definition) is 2. The molecule has 5 atom stereocenters. The van der Waals surface area contributed by atoms with Crippen molar-refractivity contribution in [2.24, 2.45) is 0 Å². The molecule has 1 aliphatic rings. The van der Waals surface area contributed by atoms with Crippen LogP contribution in [0, 0.1) is 0 Å². The number of rotatable bonds is 21. The Kier molecular flexibility index (Phi) is 30.4. The molecule has 2 rings (SSSR count). The highest BCUT2D eigenvalue weighted by Crippen LogP contribution is 2.49. The van der Waals surface area contributed by atoms with E-state index in [9.17, 15) is 9.69 Å². The minimum atomic E-state index is -3.47. The normalized spacial score (nSPS) is 20.3. The number of anilines is 1. The molecule has 0 spiro atoms. The first-order valence-electron chi connectivity index (χ1n) is 17.5. The molecule has 1 saturated heterocycles. The largest absolute Gasteiger partial charge is 0.383 e. The average Bonchev–Trinajstić information content (AvgIpc) is 3.37. The van der Waals surface area contributed by atoms with E-state index in [4.69, 9.17) is 36.1 Å². The summed E-state index contributed by atoms with van der Waals surface area (Å²) in [6, 6.07) is 1.54. The predicted molar refractivity (Wildman–Crippen MR) is 190 cm³/mol. The quantitative estimate of drug-likeness (QED) is 0.0978. The molecular formula is C33H68N3O6PS. The van der Waals surface area contributed by atoms with Gasteiger partial charge in [0, 0.05) is 19.9 Å². The van der Waals surface area contributed by atoms with Crippen LogP contribution in [0.3, 0.4) is 0 Å². The van der Waals surface area contributed by atoms with Crippen LogP contribution in [0.25, 0.3) is 0 Å². The first-order valence-corrected chi connectivity index (χ1v) is 20.1. The molecular weight excluding hydrogens is 597 g/mol. The van der Waals surface area contributed by atoms with Gasteiger partial charge in [-0.2, -0.15) is 4.98 Å². The van der Waals surface area contributed by atoms with E-state index in [0.29, 0.717) is 13.0 Å². The van der Waals surface area contributed by atoms with Crippen LogP contribution in [0.15, 0.2) is 17.1 Å². The van der Waals surface area contributed by atoms with E-state index < -0.39 is 36.9 Å². The number of nitrogen functional groups attached to an aromatic ring is 1. The topological polar surface area (TPSA) is 118 Å². The van der Waals surface area contributed by atoms with Gasteiger partial charge in [0.2, 0.25) is 0 Å². The van der Waals surface area contributed by atoms with Gasteiger partial charge in [-0.05, 0) is 30.7 Å². The van der Waals surface area contributed by atoms with Crippen molar-refractivity contribution in [1.82, 2.24) is 9.55 Å². The van der Waals surface area contributed by atoms with Gasteiger partial charge >= 0.3 is 12.4 Å².